The number of hydrogen-bond donors (Lipinski definition) is 1. The van der Waals surface area contributed by atoms with Gasteiger partial charge in [0.25, 0.3) is 0 Å². The number of benzene rings is 2. The van der Waals surface area contributed by atoms with Crippen molar-refractivity contribution in [2.45, 2.75) is 31.8 Å². The van der Waals surface area contributed by atoms with Crippen LogP contribution in [0.4, 0.5) is 10.2 Å². The van der Waals surface area contributed by atoms with Crippen LogP contribution in [0.1, 0.15) is 29.0 Å². The molecule has 2 aliphatic rings. The van der Waals surface area contributed by atoms with Gasteiger partial charge in [0.05, 0.1) is 0 Å². The second kappa shape index (κ2) is 7.13. The van der Waals surface area contributed by atoms with Gasteiger partial charge in [0, 0.05) is 42.5 Å². The second-order valence-electron chi connectivity index (χ2n) is 8.00. The number of anilines is 1. The SMILES string of the molecule is Cc1ccc(CC(=O)C[C@@H]2[C@H]3Oc4ccc(Oc5ccnc(N)c5)cc4[C@@H]23)c(F)c1. The molecule has 2 aromatic carbocycles. The molecule has 1 saturated carbocycles. The van der Waals surface area contributed by atoms with E-state index in [1.54, 1.807) is 24.4 Å². The molecule has 0 radical (unpaired) electrons. The first kappa shape index (κ1) is 18.6. The maximum Gasteiger partial charge on any atom is 0.137 e. The van der Waals surface area contributed by atoms with E-state index in [0.29, 0.717) is 29.3 Å². The first-order valence-electron chi connectivity index (χ1n) is 9.94. The lowest BCUT2D eigenvalue weighted by Gasteiger charge is -2.11. The van der Waals surface area contributed by atoms with Gasteiger partial charge in [0.2, 0.25) is 0 Å². The monoisotopic (exact) mass is 404 g/mol. The predicted molar refractivity (Wildman–Crippen MR) is 110 cm³/mol. The van der Waals surface area contributed by atoms with E-state index in [1.165, 1.54) is 6.07 Å². The van der Waals surface area contributed by atoms with E-state index in [4.69, 9.17) is 15.2 Å². The Kier molecular flexibility index (Phi) is 4.42. The molecule has 0 amide bonds. The zero-order chi connectivity index (χ0) is 20.8. The molecular formula is C24H21FN2O3. The van der Waals surface area contributed by atoms with E-state index in [0.717, 1.165) is 16.9 Å². The third-order valence-electron chi connectivity index (χ3n) is 5.75. The highest BCUT2D eigenvalue weighted by Gasteiger charge is 2.59. The van der Waals surface area contributed by atoms with Crippen LogP contribution in [0.15, 0.2) is 54.7 Å². The number of aromatic nitrogens is 1. The molecular weight excluding hydrogens is 383 g/mol. The molecule has 5 rings (SSSR count). The molecule has 6 heteroatoms. The number of nitrogens with two attached hydrogens (primary N) is 1. The number of pyridine rings is 1. The van der Waals surface area contributed by atoms with Crippen molar-refractivity contribution in [3.63, 3.8) is 0 Å². The topological polar surface area (TPSA) is 74.4 Å². The van der Waals surface area contributed by atoms with Crippen LogP contribution in [0.25, 0.3) is 0 Å². The zero-order valence-corrected chi connectivity index (χ0v) is 16.5. The van der Waals surface area contributed by atoms with Crippen molar-refractivity contribution in [1.29, 1.82) is 0 Å². The molecule has 1 aromatic heterocycles. The molecule has 0 bridgehead atoms. The fourth-order valence-corrected chi connectivity index (χ4v) is 4.23. The summed E-state index contributed by atoms with van der Waals surface area (Å²) in [5.41, 5.74) is 8.05. The first-order valence-corrected chi connectivity index (χ1v) is 9.94. The summed E-state index contributed by atoms with van der Waals surface area (Å²) in [5, 5.41) is 0. The number of halogens is 1. The number of ether oxygens (including phenoxy) is 2. The number of carbonyl (C=O) groups is 1. The molecule has 0 unspecified atom stereocenters. The maximum atomic E-state index is 14.0. The third-order valence-corrected chi connectivity index (χ3v) is 5.75. The van der Waals surface area contributed by atoms with Crippen LogP contribution in [0.3, 0.4) is 0 Å². The van der Waals surface area contributed by atoms with Crippen molar-refractivity contribution >= 4 is 11.6 Å². The third kappa shape index (κ3) is 3.49. The summed E-state index contributed by atoms with van der Waals surface area (Å²) in [7, 11) is 0. The summed E-state index contributed by atoms with van der Waals surface area (Å²) in [6, 6.07) is 14.1. The van der Waals surface area contributed by atoms with Gasteiger partial charge >= 0.3 is 0 Å². The summed E-state index contributed by atoms with van der Waals surface area (Å²) >= 11 is 0. The highest BCUT2D eigenvalue weighted by molar-refractivity contribution is 5.82. The van der Waals surface area contributed by atoms with Crippen LogP contribution in [-0.4, -0.2) is 16.9 Å². The number of rotatable bonds is 6. The van der Waals surface area contributed by atoms with E-state index in [1.807, 2.05) is 31.2 Å². The first-order chi connectivity index (χ1) is 14.5. The minimum absolute atomic E-state index is 0.0126. The van der Waals surface area contributed by atoms with Gasteiger partial charge in [-0.3, -0.25) is 4.79 Å². The van der Waals surface area contributed by atoms with Crippen LogP contribution in [0.5, 0.6) is 17.2 Å². The van der Waals surface area contributed by atoms with Crippen molar-refractivity contribution in [3.8, 4) is 17.2 Å². The zero-order valence-electron chi connectivity index (χ0n) is 16.5. The molecule has 152 valence electrons. The molecule has 0 saturated heterocycles. The van der Waals surface area contributed by atoms with Gasteiger partial charge in [0.1, 0.15) is 40.8 Å². The minimum atomic E-state index is -0.320. The standard InChI is InChI=1S/C24H21FN2O3/c1-13-2-3-14(20(25)8-13)9-15(28)10-19-23-18-11-16(4-5-21(18)30-24(19)23)29-17-6-7-27-22(26)12-17/h2-8,11-12,19,23-24H,9-10H2,1H3,(H2,26,27)/t19-,23-,24+/m0/s1. The number of ketones is 1. The molecule has 2 N–H and O–H groups in total. The Morgan fingerprint density at radius 2 is 2.00 bits per heavy atom. The van der Waals surface area contributed by atoms with Crippen LogP contribution < -0.4 is 15.2 Å². The maximum absolute atomic E-state index is 14.0. The van der Waals surface area contributed by atoms with Crippen LogP contribution in [-0.2, 0) is 11.2 Å². The van der Waals surface area contributed by atoms with Crippen LogP contribution in [0, 0.1) is 18.7 Å². The molecule has 1 fully saturated rings. The Morgan fingerprint density at radius 3 is 2.80 bits per heavy atom. The number of nitrogen functional groups attached to an aromatic ring is 1. The quantitative estimate of drug-likeness (QED) is 0.651. The Bertz CT molecular complexity index is 1150. The van der Waals surface area contributed by atoms with Crippen molar-refractivity contribution in [3.05, 3.63) is 77.2 Å². The molecule has 3 aromatic rings. The smallest absolute Gasteiger partial charge is 0.137 e. The molecule has 0 spiro atoms. The molecule has 30 heavy (non-hydrogen) atoms. The molecule has 1 aliphatic carbocycles. The van der Waals surface area contributed by atoms with Crippen LogP contribution in [0.2, 0.25) is 0 Å². The summed E-state index contributed by atoms with van der Waals surface area (Å²) in [6.07, 6.45) is 2.10. The van der Waals surface area contributed by atoms with Gasteiger partial charge in [-0.25, -0.2) is 9.37 Å². The van der Waals surface area contributed by atoms with Crippen LogP contribution >= 0.6 is 0 Å². The lowest BCUT2D eigenvalue weighted by molar-refractivity contribution is -0.119. The van der Waals surface area contributed by atoms with Crippen molar-refractivity contribution in [1.82, 2.24) is 4.98 Å². The van der Waals surface area contributed by atoms with E-state index < -0.39 is 0 Å². The summed E-state index contributed by atoms with van der Waals surface area (Å²) in [4.78, 5) is 16.5. The number of nitrogens with zero attached hydrogens (tertiary/aromatic N) is 1. The van der Waals surface area contributed by atoms with Gasteiger partial charge in [-0.1, -0.05) is 12.1 Å². The summed E-state index contributed by atoms with van der Waals surface area (Å²) in [5.74, 6) is 2.54. The molecule has 1 aliphatic heterocycles. The average Bonchev–Trinajstić information content (AvgIpc) is 3.21. The highest BCUT2D eigenvalue weighted by atomic mass is 19.1. The Morgan fingerprint density at radius 1 is 1.17 bits per heavy atom. The number of Topliss-reactive ketones (excluding diaryl/α,β-unsaturated/α-hetero) is 1. The van der Waals surface area contributed by atoms with Gasteiger partial charge in [-0.05, 0) is 48.4 Å². The number of aryl methyl sites for hydroxylation is 1. The number of hydrogen-bond acceptors (Lipinski definition) is 5. The van der Waals surface area contributed by atoms with Gasteiger partial charge in [-0.2, -0.15) is 0 Å². The van der Waals surface area contributed by atoms with Gasteiger partial charge in [-0.15, -0.1) is 0 Å². The second-order valence-corrected chi connectivity index (χ2v) is 8.00. The molecule has 2 heterocycles. The van der Waals surface area contributed by atoms with E-state index in [2.05, 4.69) is 4.98 Å². The Balaban J connectivity index is 1.25. The Labute approximate surface area is 173 Å². The highest BCUT2D eigenvalue weighted by Crippen LogP contribution is 2.60. The van der Waals surface area contributed by atoms with Crippen molar-refractivity contribution in [2.24, 2.45) is 5.92 Å². The molecule has 3 atom stereocenters. The lowest BCUT2D eigenvalue weighted by atomic mass is 10.0. The van der Waals surface area contributed by atoms with Gasteiger partial charge in [0.15, 0.2) is 0 Å². The lowest BCUT2D eigenvalue weighted by Crippen LogP contribution is -2.09. The number of fused-ring (bicyclic) bond motifs is 3. The average molecular weight is 404 g/mol. The predicted octanol–water partition coefficient (Wildman–Crippen LogP) is 4.58. The fraction of sp³-hybridized carbons (Fsp3) is 0.250. The normalized spacial score (nSPS) is 20.8. The minimum Gasteiger partial charge on any atom is -0.489 e. The van der Waals surface area contributed by atoms with E-state index in [9.17, 15) is 9.18 Å². The fourth-order valence-electron chi connectivity index (χ4n) is 4.23. The Hall–Kier alpha value is -3.41. The van der Waals surface area contributed by atoms with E-state index >= 15 is 0 Å². The summed E-state index contributed by atoms with van der Waals surface area (Å²) < 4.78 is 25.9. The largest absolute Gasteiger partial charge is 0.489 e. The number of carbonyl (C=O) groups excluding carboxylic acids is 1. The van der Waals surface area contributed by atoms with Crippen molar-refractivity contribution < 1.29 is 18.7 Å². The summed E-state index contributed by atoms with van der Waals surface area (Å²) in [6.45, 7) is 1.83. The van der Waals surface area contributed by atoms with Crippen molar-refractivity contribution in [2.75, 3.05) is 5.73 Å². The van der Waals surface area contributed by atoms with Gasteiger partial charge < -0.3 is 15.2 Å². The molecule has 5 nitrogen and oxygen atoms in total. The van der Waals surface area contributed by atoms with E-state index in [-0.39, 0.29) is 36.0 Å².